The van der Waals surface area contributed by atoms with Crippen LogP contribution in [0.15, 0.2) is 54.6 Å². The standard InChI is InChI=1S/C24H30N2O4S/c1-31(28,29)25-22-14-15-26(24(27)30-21-12-5-6-13-21)23(22)17-18-8-7-11-20(16-18)19-9-3-2-4-10-19/h2-4,7-11,16,21-23,25H,5-6,12-15,17H2,1H3/t22-,23-/m1/s1. The molecule has 2 aromatic rings. The van der Waals surface area contributed by atoms with Crippen LogP contribution in [0.1, 0.15) is 37.7 Å². The van der Waals surface area contributed by atoms with E-state index in [1.807, 2.05) is 30.3 Å². The van der Waals surface area contributed by atoms with Crippen LogP contribution in [0, 0.1) is 0 Å². The molecule has 2 aromatic carbocycles. The van der Waals surface area contributed by atoms with Crippen molar-refractivity contribution in [3.63, 3.8) is 0 Å². The zero-order valence-corrected chi connectivity index (χ0v) is 18.7. The number of ether oxygens (including phenoxy) is 1. The largest absolute Gasteiger partial charge is 0.446 e. The molecule has 0 radical (unpaired) electrons. The van der Waals surface area contributed by atoms with E-state index >= 15 is 0 Å². The number of likely N-dealkylation sites (tertiary alicyclic amines) is 1. The first-order chi connectivity index (χ1) is 14.9. The highest BCUT2D eigenvalue weighted by molar-refractivity contribution is 7.88. The number of amides is 1. The molecule has 1 saturated carbocycles. The van der Waals surface area contributed by atoms with Crippen molar-refractivity contribution in [3.8, 4) is 11.1 Å². The van der Waals surface area contributed by atoms with Crippen molar-refractivity contribution in [1.82, 2.24) is 9.62 Å². The number of sulfonamides is 1. The molecule has 6 nitrogen and oxygen atoms in total. The van der Waals surface area contributed by atoms with E-state index in [4.69, 9.17) is 4.74 Å². The van der Waals surface area contributed by atoms with Gasteiger partial charge in [0.2, 0.25) is 10.0 Å². The summed E-state index contributed by atoms with van der Waals surface area (Å²) in [6.07, 6.45) is 5.97. The van der Waals surface area contributed by atoms with Crippen LogP contribution in [0.2, 0.25) is 0 Å². The van der Waals surface area contributed by atoms with Gasteiger partial charge in [0.25, 0.3) is 0 Å². The van der Waals surface area contributed by atoms with Gasteiger partial charge in [0.05, 0.1) is 12.3 Å². The second-order valence-electron chi connectivity index (χ2n) is 8.61. The van der Waals surface area contributed by atoms with Gasteiger partial charge in [0.15, 0.2) is 0 Å². The average Bonchev–Trinajstić information content (AvgIpc) is 3.38. The van der Waals surface area contributed by atoms with Crippen molar-refractivity contribution in [3.05, 3.63) is 60.2 Å². The van der Waals surface area contributed by atoms with Gasteiger partial charge in [-0.2, -0.15) is 0 Å². The summed E-state index contributed by atoms with van der Waals surface area (Å²) in [7, 11) is -3.38. The summed E-state index contributed by atoms with van der Waals surface area (Å²) in [5.74, 6) is 0. The van der Waals surface area contributed by atoms with Gasteiger partial charge in [-0.15, -0.1) is 0 Å². The molecule has 1 aliphatic heterocycles. The van der Waals surface area contributed by atoms with Crippen LogP contribution in [-0.4, -0.2) is 50.4 Å². The highest BCUT2D eigenvalue weighted by Gasteiger charge is 2.40. The summed E-state index contributed by atoms with van der Waals surface area (Å²) in [5.41, 5.74) is 3.29. The maximum atomic E-state index is 12.9. The lowest BCUT2D eigenvalue weighted by Gasteiger charge is -2.29. The van der Waals surface area contributed by atoms with Crippen LogP contribution in [0.5, 0.6) is 0 Å². The molecule has 1 heterocycles. The third kappa shape index (κ3) is 5.66. The predicted octanol–water partition coefficient (Wildman–Crippen LogP) is 3.97. The van der Waals surface area contributed by atoms with Gasteiger partial charge in [-0.1, -0.05) is 54.6 Å². The number of hydrogen-bond acceptors (Lipinski definition) is 4. The number of nitrogens with one attached hydrogen (secondary N) is 1. The van der Waals surface area contributed by atoms with Gasteiger partial charge in [-0.25, -0.2) is 17.9 Å². The molecule has 1 amide bonds. The van der Waals surface area contributed by atoms with Crippen molar-refractivity contribution in [1.29, 1.82) is 0 Å². The van der Waals surface area contributed by atoms with Gasteiger partial charge < -0.3 is 9.64 Å². The van der Waals surface area contributed by atoms with E-state index in [-0.39, 0.29) is 24.3 Å². The van der Waals surface area contributed by atoms with Gasteiger partial charge in [-0.05, 0) is 55.2 Å². The third-order valence-electron chi connectivity index (χ3n) is 6.19. The monoisotopic (exact) mass is 442 g/mol. The van der Waals surface area contributed by atoms with Crippen molar-refractivity contribution in [2.24, 2.45) is 0 Å². The minimum Gasteiger partial charge on any atom is -0.446 e. The maximum absolute atomic E-state index is 12.9. The Bertz CT molecular complexity index is 1000. The Balaban J connectivity index is 1.55. The van der Waals surface area contributed by atoms with E-state index in [1.54, 1.807) is 4.90 Å². The van der Waals surface area contributed by atoms with E-state index < -0.39 is 10.0 Å². The summed E-state index contributed by atoms with van der Waals surface area (Å²) < 4.78 is 32.3. The fourth-order valence-electron chi connectivity index (χ4n) is 4.71. The Morgan fingerprint density at radius 2 is 1.74 bits per heavy atom. The number of hydrogen-bond donors (Lipinski definition) is 1. The first-order valence-corrected chi connectivity index (χ1v) is 12.9. The highest BCUT2D eigenvalue weighted by Crippen LogP contribution is 2.28. The first kappa shape index (κ1) is 21.8. The molecule has 2 aliphatic rings. The van der Waals surface area contributed by atoms with Gasteiger partial charge in [-0.3, -0.25) is 0 Å². The zero-order valence-electron chi connectivity index (χ0n) is 17.9. The topological polar surface area (TPSA) is 75.7 Å². The third-order valence-corrected chi connectivity index (χ3v) is 6.93. The summed E-state index contributed by atoms with van der Waals surface area (Å²) in [6.45, 7) is 0.488. The zero-order chi connectivity index (χ0) is 21.8. The molecule has 166 valence electrons. The Morgan fingerprint density at radius 1 is 1.03 bits per heavy atom. The number of carbonyl (C=O) groups is 1. The van der Waals surface area contributed by atoms with Crippen molar-refractivity contribution in [2.75, 3.05) is 12.8 Å². The highest BCUT2D eigenvalue weighted by atomic mass is 32.2. The molecule has 1 aliphatic carbocycles. The fourth-order valence-corrected chi connectivity index (χ4v) is 5.54. The number of benzene rings is 2. The smallest absolute Gasteiger partial charge is 0.410 e. The number of carbonyl (C=O) groups excluding carboxylic acids is 1. The molecule has 0 aromatic heterocycles. The summed E-state index contributed by atoms with van der Waals surface area (Å²) in [6, 6.07) is 17.7. The molecule has 2 fully saturated rings. The first-order valence-electron chi connectivity index (χ1n) is 11.0. The van der Waals surface area contributed by atoms with Crippen molar-refractivity contribution >= 4 is 16.1 Å². The maximum Gasteiger partial charge on any atom is 0.410 e. The summed E-state index contributed by atoms with van der Waals surface area (Å²) in [5, 5.41) is 0. The molecule has 4 rings (SSSR count). The fraction of sp³-hybridized carbons (Fsp3) is 0.458. The van der Waals surface area contributed by atoms with Crippen LogP contribution in [0.4, 0.5) is 4.79 Å². The normalized spacial score (nSPS) is 22.0. The van der Waals surface area contributed by atoms with E-state index in [0.717, 1.165) is 42.4 Å². The van der Waals surface area contributed by atoms with Crippen LogP contribution < -0.4 is 4.72 Å². The van der Waals surface area contributed by atoms with E-state index in [9.17, 15) is 13.2 Å². The molecule has 31 heavy (non-hydrogen) atoms. The van der Waals surface area contributed by atoms with Gasteiger partial charge in [0.1, 0.15) is 6.10 Å². The van der Waals surface area contributed by atoms with Crippen LogP contribution in [0.3, 0.4) is 0 Å². The lowest BCUT2D eigenvalue weighted by molar-refractivity contribution is 0.0609. The van der Waals surface area contributed by atoms with Gasteiger partial charge in [0, 0.05) is 12.6 Å². The summed E-state index contributed by atoms with van der Waals surface area (Å²) >= 11 is 0. The number of rotatable bonds is 6. The van der Waals surface area contributed by atoms with Gasteiger partial charge >= 0.3 is 6.09 Å². The molecular weight excluding hydrogens is 412 g/mol. The second kappa shape index (κ2) is 9.40. The Morgan fingerprint density at radius 3 is 2.45 bits per heavy atom. The summed E-state index contributed by atoms with van der Waals surface area (Å²) in [4.78, 5) is 14.6. The molecule has 0 bridgehead atoms. The molecule has 7 heteroatoms. The van der Waals surface area contributed by atoms with Crippen molar-refractivity contribution in [2.45, 2.75) is 56.7 Å². The predicted molar refractivity (Wildman–Crippen MR) is 121 cm³/mol. The van der Waals surface area contributed by atoms with Crippen LogP contribution in [-0.2, 0) is 21.2 Å². The van der Waals surface area contributed by atoms with Crippen LogP contribution in [0.25, 0.3) is 11.1 Å². The Labute approximate surface area is 184 Å². The SMILES string of the molecule is CS(=O)(=O)N[C@@H]1CCN(C(=O)OC2CCCC2)[C@@H]1Cc1cccc(-c2ccccc2)c1. The lowest BCUT2D eigenvalue weighted by Crippen LogP contribution is -2.48. The Kier molecular flexibility index (Phi) is 6.62. The molecule has 0 spiro atoms. The number of nitrogens with zero attached hydrogens (tertiary/aromatic N) is 1. The quantitative estimate of drug-likeness (QED) is 0.735. The lowest BCUT2D eigenvalue weighted by atomic mass is 9.97. The second-order valence-corrected chi connectivity index (χ2v) is 10.4. The molecule has 1 saturated heterocycles. The van der Waals surface area contributed by atoms with E-state index in [0.29, 0.717) is 19.4 Å². The van der Waals surface area contributed by atoms with E-state index in [2.05, 4.69) is 29.0 Å². The molecule has 0 unspecified atom stereocenters. The van der Waals surface area contributed by atoms with E-state index in [1.165, 1.54) is 6.26 Å². The molecule has 2 atom stereocenters. The molecule has 1 N–H and O–H groups in total. The minimum absolute atomic E-state index is 0.0172. The van der Waals surface area contributed by atoms with Crippen LogP contribution >= 0.6 is 0 Å². The Hall–Kier alpha value is -2.38. The minimum atomic E-state index is -3.38. The average molecular weight is 443 g/mol. The molecular formula is C24H30N2O4S. The van der Waals surface area contributed by atoms with Crippen molar-refractivity contribution < 1.29 is 17.9 Å².